The minimum absolute atomic E-state index is 0.0373. The molecule has 1 saturated heterocycles. The highest BCUT2D eigenvalue weighted by molar-refractivity contribution is 6.64. The summed E-state index contributed by atoms with van der Waals surface area (Å²) in [6.45, 7) is 2.76. The van der Waals surface area contributed by atoms with Gasteiger partial charge >= 0.3 is 0 Å². The van der Waals surface area contributed by atoms with E-state index in [4.69, 9.17) is 11.6 Å². The molecule has 2 aromatic rings. The lowest BCUT2D eigenvalue weighted by Crippen LogP contribution is -2.40. The number of ketones is 2. The van der Waals surface area contributed by atoms with Crippen LogP contribution >= 0.6 is 11.6 Å². The maximum absolute atomic E-state index is 12.8. The van der Waals surface area contributed by atoms with Gasteiger partial charge in [0.25, 0.3) is 0 Å². The summed E-state index contributed by atoms with van der Waals surface area (Å²) in [7, 11) is 0. The van der Waals surface area contributed by atoms with E-state index in [0.29, 0.717) is 11.1 Å². The lowest BCUT2D eigenvalue weighted by Gasteiger charge is -2.31. The molecule has 0 N–H and O–H groups in total. The van der Waals surface area contributed by atoms with Crippen molar-refractivity contribution >= 4 is 28.9 Å². The number of carbonyl (C=O) groups is 2. The summed E-state index contributed by atoms with van der Waals surface area (Å²) in [5.74, 6) is -0.441. The fraction of sp³-hybridized carbons (Fsp3) is 0.318. The van der Waals surface area contributed by atoms with Gasteiger partial charge in [-0.25, -0.2) is 0 Å². The first-order valence-electron chi connectivity index (χ1n) is 9.29. The van der Waals surface area contributed by atoms with E-state index in [-0.39, 0.29) is 23.3 Å². The van der Waals surface area contributed by atoms with Crippen molar-refractivity contribution in [3.8, 4) is 0 Å². The van der Waals surface area contributed by atoms with Crippen molar-refractivity contribution in [2.75, 3.05) is 13.1 Å². The number of aliphatic imine (C=N–C) groups is 1. The Hall–Kier alpha value is -2.30. The Morgan fingerprint density at radius 3 is 2.26 bits per heavy atom. The monoisotopic (exact) mass is 380 g/mol. The number of hydrogen-bond donors (Lipinski definition) is 0. The standard InChI is InChI=1S/C22H21ClN2O2/c23-19-20(22(27)18-9-5-4-8-17(18)21(19)26)24-16-10-12-25(13-11-16)14-15-6-2-1-3-7-15/h1-9,16,19H,10-14H2. The summed E-state index contributed by atoms with van der Waals surface area (Å²) >= 11 is 6.30. The smallest absolute Gasteiger partial charge is 0.209 e. The predicted molar refractivity (Wildman–Crippen MR) is 107 cm³/mol. The third-order valence-electron chi connectivity index (χ3n) is 5.27. The third-order valence-corrected chi connectivity index (χ3v) is 5.67. The number of fused-ring (bicyclic) bond motifs is 1. The normalized spacial score (nSPS) is 22.9. The van der Waals surface area contributed by atoms with Gasteiger partial charge in [-0.1, -0.05) is 54.6 Å². The summed E-state index contributed by atoms with van der Waals surface area (Å²) in [6.07, 6.45) is 1.73. The molecule has 1 aliphatic heterocycles. The summed E-state index contributed by atoms with van der Waals surface area (Å²) in [5.41, 5.74) is 2.33. The molecule has 0 amide bonds. The first-order valence-corrected chi connectivity index (χ1v) is 9.73. The van der Waals surface area contributed by atoms with Crippen LogP contribution in [0.25, 0.3) is 0 Å². The van der Waals surface area contributed by atoms with Gasteiger partial charge in [-0.05, 0) is 18.4 Å². The number of hydrogen-bond acceptors (Lipinski definition) is 4. The number of Topliss-reactive ketones (excluding diaryl/α,β-unsaturated/α-hetero) is 2. The second-order valence-electron chi connectivity index (χ2n) is 7.11. The maximum Gasteiger partial charge on any atom is 0.209 e. The van der Waals surface area contributed by atoms with Crippen LogP contribution in [0.3, 0.4) is 0 Å². The number of piperidine rings is 1. The predicted octanol–water partition coefficient (Wildman–Crippen LogP) is 3.78. The van der Waals surface area contributed by atoms with Crippen molar-refractivity contribution in [2.24, 2.45) is 4.99 Å². The van der Waals surface area contributed by atoms with Gasteiger partial charge in [-0.15, -0.1) is 11.6 Å². The Labute approximate surface area is 163 Å². The van der Waals surface area contributed by atoms with E-state index in [9.17, 15) is 9.59 Å². The molecule has 5 heteroatoms. The second kappa shape index (κ2) is 7.75. The molecule has 1 atom stereocenters. The van der Waals surface area contributed by atoms with Crippen molar-refractivity contribution in [1.82, 2.24) is 4.90 Å². The van der Waals surface area contributed by atoms with E-state index < -0.39 is 5.38 Å². The average molecular weight is 381 g/mol. The summed E-state index contributed by atoms with van der Waals surface area (Å²) in [4.78, 5) is 32.3. The van der Waals surface area contributed by atoms with Crippen molar-refractivity contribution < 1.29 is 9.59 Å². The molecule has 0 bridgehead atoms. The quantitative estimate of drug-likeness (QED) is 0.761. The Kier molecular flexibility index (Phi) is 5.19. The fourth-order valence-electron chi connectivity index (χ4n) is 3.78. The fourth-order valence-corrected chi connectivity index (χ4v) is 4.05. The van der Waals surface area contributed by atoms with Crippen LogP contribution in [-0.2, 0) is 6.54 Å². The van der Waals surface area contributed by atoms with Crippen LogP contribution in [0.2, 0.25) is 0 Å². The van der Waals surface area contributed by atoms with Crippen molar-refractivity contribution in [3.63, 3.8) is 0 Å². The molecule has 1 aliphatic carbocycles. The Morgan fingerprint density at radius 1 is 0.926 bits per heavy atom. The minimum Gasteiger partial charge on any atom is -0.299 e. The summed E-state index contributed by atoms with van der Waals surface area (Å²) in [6, 6.07) is 17.3. The lowest BCUT2D eigenvalue weighted by molar-refractivity contribution is 0.0967. The van der Waals surface area contributed by atoms with Gasteiger partial charge in [0.05, 0.1) is 6.04 Å². The first-order chi connectivity index (χ1) is 13.1. The SMILES string of the molecule is O=C1C(=NC2CCN(Cc3ccccc3)CC2)C(Cl)C(=O)c2ccccc21. The van der Waals surface area contributed by atoms with Gasteiger partial charge in [-0.2, -0.15) is 0 Å². The van der Waals surface area contributed by atoms with Crippen LogP contribution in [0.4, 0.5) is 0 Å². The highest BCUT2D eigenvalue weighted by Gasteiger charge is 2.37. The van der Waals surface area contributed by atoms with Crippen LogP contribution < -0.4 is 0 Å². The zero-order valence-corrected chi connectivity index (χ0v) is 15.7. The lowest BCUT2D eigenvalue weighted by atomic mass is 9.87. The third kappa shape index (κ3) is 3.73. The van der Waals surface area contributed by atoms with Gasteiger partial charge in [0.1, 0.15) is 11.1 Å². The molecule has 2 aliphatic rings. The van der Waals surface area contributed by atoms with E-state index in [0.717, 1.165) is 32.5 Å². The van der Waals surface area contributed by atoms with Crippen LogP contribution in [0.1, 0.15) is 39.1 Å². The molecule has 0 aromatic heterocycles. The number of nitrogens with zero attached hydrogens (tertiary/aromatic N) is 2. The molecule has 1 unspecified atom stereocenters. The summed E-state index contributed by atoms with van der Waals surface area (Å²) in [5, 5.41) is -0.977. The van der Waals surface area contributed by atoms with Crippen LogP contribution in [0.15, 0.2) is 59.6 Å². The van der Waals surface area contributed by atoms with Crippen molar-refractivity contribution in [3.05, 3.63) is 71.3 Å². The molecule has 0 saturated carbocycles. The van der Waals surface area contributed by atoms with Crippen LogP contribution in [0, 0.1) is 0 Å². The Balaban J connectivity index is 1.45. The molecule has 4 nitrogen and oxygen atoms in total. The van der Waals surface area contributed by atoms with E-state index in [1.807, 2.05) is 6.07 Å². The van der Waals surface area contributed by atoms with Crippen LogP contribution in [0.5, 0.6) is 0 Å². The molecule has 27 heavy (non-hydrogen) atoms. The zero-order valence-electron chi connectivity index (χ0n) is 15.0. The molecule has 138 valence electrons. The van der Waals surface area contributed by atoms with E-state index >= 15 is 0 Å². The maximum atomic E-state index is 12.8. The Morgan fingerprint density at radius 2 is 1.56 bits per heavy atom. The number of carbonyl (C=O) groups excluding carboxylic acids is 2. The highest BCUT2D eigenvalue weighted by Crippen LogP contribution is 2.25. The molecule has 1 fully saturated rings. The van der Waals surface area contributed by atoms with Crippen molar-refractivity contribution in [1.29, 1.82) is 0 Å². The summed E-state index contributed by atoms with van der Waals surface area (Å²) < 4.78 is 0. The molecule has 0 spiro atoms. The van der Waals surface area contributed by atoms with Gasteiger partial charge in [0.15, 0.2) is 5.78 Å². The largest absolute Gasteiger partial charge is 0.299 e. The second-order valence-corrected chi connectivity index (χ2v) is 7.55. The molecule has 2 aromatic carbocycles. The van der Waals surface area contributed by atoms with E-state index in [1.54, 1.807) is 24.3 Å². The number of likely N-dealkylation sites (tertiary alicyclic amines) is 1. The topological polar surface area (TPSA) is 49.7 Å². The Bertz CT molecular complexity index is 886. The van der Waals surface area contributed by atoms with Gasteiger partial charge < -0.3 is 0 Å². The first kappa shape index (κ1) is 18.1. The van der Waals surface area contributed by atoms with E-state index in [2.05, 4.69) is 34.2 Å². The zero-order chi connectivity index (χ0) is 18.8. The molecular weight excluding hydrogens is 360 g/mol. The minimum atomic E-state index is -0.977. The average Bonchev–Trinajstić information content (AvgIpc) is 2.71. The van der Waals surface area contributed by atoms with Gasteiger partial charge in [0, 0.05) is 30.8 Å². The molecule has 1 heterocycles. The highest BCUT2D eigenvalue weighted by atomic mass is 35.5. The van der Waals surface area contributed by atoms with Crippen molar-refractivity contribution in [2.45, 2.75) is 30.8 Å². The number of halogens is 1. The number of benzene rings is 2. The molecular formula is C22H21ClN2O2. The van der Waals surface area contributed by atoms with Gasteiger partial charge in [0.2, 0.25) is 5.78 Å². The number of alkyl halides is 1. The van der Waals surface area contributed by atoms with E-state index in [1.165, 1.54) is 5.56 Å². The molecule has 0 radical (unpaired) electrons. The van der Waals surface area contributed by atoms with Gasteiger partial charge in [-0.3, -0.25) is 19.5 Å². The molecule has 4 rings (SSSR count). The van der Waals surface area contributed by atoms with Crippen LogP contribution in [-0.4, -0.2) is 46.7 Å². The number of rotatable bonds is 3.